The van der Waals surface area contributed by atoms with Crippen LogP contribution in [0, 0.1) is 0 Å². The zero-order chi connectivity index (χ0) is 14.5. The fourth-order valence-electron chi connectivity index (χ4n) is 1.86. The molecule has 0 radical (unpaired) electrons. The number of hydrogen-bond acceptors (Lipinski definition) is 3. The van der Waals surface area contributed by atoms with E-state index in [9.17, 15) is 4.79 Å². The summed E-state index contributed by atoms with van der Waals surface area (Å²) in [5.74, 6) is 0.596. The summed E-state index contributed by atoms with van der Waals surface area (Å²) in [5.41, 5.74) is 0.891. The molecular weight excluding hydrogens is 276 g/mol. The first-order chi connectivity index (χ1) is 9.61. The van der Waals surface area contributed by atoms with E-state index in [1.807, 2.05) is 25.1 Å². The monoisotopic (exact) mass is 296 g/mol. The predicted molar refractivity (Wildman–Crippen MR) is 80.1 cm³/mol. The summed E-state index contributed by atoms with van der Waals surface area (Å²) >= 11 is 6.20. The van der Waals surface area contributed by atoms with Gasteiger partial charge >= 0.3 is 0 Å². The molecule has 1 unspecified atom stereocenters. The smallest absolute Gasteiger partial charge is 0.260 e. The summed E-state index contributed by atoms with van der Waals surface area (Å²) in [6.45, 7) is 5.27. The summed E-state index contributed by atoms with van der Waals surface area (Å²) < 4.78 is 5.78. The molecule has 0 aromatic heterocycles. The summed E-state index contributed by atoms with van der Waals surface area (Å²) in [6.07, 6.45) is 1.62. The minimum atomic E-state index is -0.519. The van der Waals surface area contributed by atoms with Crippen molar-refractivity contribution in [3.63, 3.8) is 0 Å². The van der Waals surface area contributed by atoms with Gasteiger partial charge < -0.3 is 15.4 Å². The molecule has 0 heterocycles. The standard InChI is InChI=1S/C15H21ClN2O2/c1-3-17-9-12-13(16)5-4-6-14(12)20-10(2)15(19)18-11-7-8-11/h4-6,10-11,17H,3,7-9H2,1-2H3,(H,18,19). The number of rotatable bonds is 7. The third kappa shape index (κ3) is 4.12. The van der Waals surface area contributed by atoms with Crippen LogP contribution in [0.4, 0.5) is 0 Å². The Labute approximate surface area is 124 Å². The third-order valence-corrected chi connectivity index (χ3v) is 3.58. The van der Waals surface area contributed by atoms with Gasteiger partial charge in [0, 0.05) is 23.2 Å². The van der Waals surface area contributed by atoms with E-state index in [0.29, 0.717) is 23.4 Å². The van der Waals surface area contributed by atoms with Gasteiger partial charge in [-0.15, -0.1) is 0 Å². The molecule has 1 aromatic carbocycles. The molecule has 2 rings (SSSR count). The second-order valence-corrected chi connectivity index (χ2v) is 5.45. The summed E-state index contributed by atoms with van der Waals surface area (Å²) in [6, 6.07) is 5.85. The van der Waals surface area contributed by atoms with E-state index >= 15 is 0 Å². The molecule has 1 fully saturated rings. The molecule has 1 atom stereocenters. The maximum absolute atomic E-state index is 11.9. The molecular formula is C15H21ClN2O2. The molecule has 110 valence electrons. The minimum absolute atomic E-state index is 0.0677. The van der Waals surface area contributed by atoms with E-state index in [1.54, 1.807) is 6.92 Å². The second kappa shape index (κ2) is 6.95. The van der Waals surface area contributed by atoms with Gasteiger partial charge in [0.25, 0.3) is 5.91 Å². The van der Waals surface area contributed by atoms with E-state index < -0.39 is 6.10 Å². The number of benzene rings is 1. The highest BCUT2D eigenvalue weighted by molar-refractivity contribution is 6.31. The zero-order valence-electron chi connectivity index (χ0n) is 11.9. The predicted octanol–water partition coefficient (Wildman–Crippen LogP) is 2.50. The van der Waals surface area contributed by atoms with Crippen molar-refractivity contribution < 1.29 is 9.53 Å². The average molecular weight is 297 g/mol. The number of hydrogen-bond donors (Lipinski definition) is 2. The van der Waals surface area contributed by atoms with Gasteiger partial charge in [0.05, 0.1) is 0 Å². The third-order valence-electron chi connectivity index (χ3n) is 3.22. The van der Waals surface area contributed by atoms with Gasteiger partial charge in [-0.05, 0) is 38.4 Å². The van der Waals surface area contributed by atoms with Crippen molar-refractivity contribution >= 4 is 17.5 Å². The van der Waals surface area contributed by atoms with Crippen LogP contribution in [0.2, 0.25) is 5.02 Å². The number of halogens is 1. The highest BCUT2D eigenvalue weighted by atomic mass is 35.5. The van der Waals surface area contributed by atoms with E-state index in [4.69, 9.17) is 16.3 Å². The fraction of sp³-hybridized carbons (Fsp3) is 0.533. The van der Waals surface area contributed by atoms with Crippen LogP contribution in [0.1, 0.15) is 32.3 Å². The van der Waals surface area contributed by atoms with Gasteiger partial charge in [-0.2, -0.15) is 0 Å². The molecule has 0 saturated heterocycles. The highest BCUT2D eigenvalue weighted by Gasteiger charge is 2.26. The number of amides is 1. The Bertz CT molecular complexity index is 475. The molecule has 1 aliphatic carbocycles. The van der Waals surface area contributed by atoms with Crippen LogP contribution in [0.15, 0.2) is 18.2 Å². The van der Waals surface area contributed by atoms with E-state index in [2.05, 4.69) is 10.6 Å². The number of carbonyl (C=O) groups excluding carboxylic acids is 1. The molecule has 5 heteroatoms. The zero-order valence-corrected chi connectivity index (χ0v) is 12.7. The molecule has 2 N–H and O–H groups in total. The first kappa shape index (κ1) is 15.1. The van der Waals surface area contributed by atoms with Gasteiger partial charge in [0.2, 0.25) is 0 Å². The SMILES string of the molecule is CCNCc1c(Cl)cccc1OC(C)C(=O)NC1CC1. The van der Waals surface area contributed by atoms with Gasteiger partial charge in [-0.1, -0.05) is 24.6 Å². The van der Waals surface area contributed by atoms with Gasteiger partial charge in [0.15, 0.2) is 6.10 Å². The topological polar surface area (TPSA) is 50.4 Å². The van der Waals surface area contributed by atoms with Crippen LogP contribution in [0.3, 0.4) is 0 Å². The van der Waals surface area contributed by atoms with E-state index in [0.717, 1.165) is 24.9 Å². The molecule has 4 nitrogen and oxygen atoms in total. The Hall–Kier alpha value is -1.26. The number of nitrogens with one attached hydrogen (secondary N) is 2. The van der Waals surface area contributed by atoms with Crippen LogP contribution in [-0.2, 0) is 11.3 Å². The van der Waals surface area contributed by atoms with Crippen LogP contribution in [-0.4, -0.2) is 24.6 Å². The van der Waals surface area contributed by atoms with Crippen LogP contribution in [0.5, 0.6) is 5.75 Å². The van der Waals surface area contributed by atoms with Crippen molar-refractivity contribution in [2.45, 2.75) is 45.4 Å². The molecule has 1 saturated carbocycles. The summed E-state index contributed by atoms with van der Waals surface area (Å²) in [7, 11) is 0. The van der Waals surface area contributed by atoms with Crippen LogP contribution in [0.25, 0.3) is 0 Å². The van der Waals surface area contributed by atoms with E-state index in [-0.39, 0.29) is 5.91 Å². The molecule has 1 aliphatic rings. The first-order valence-electron chi connectivity index (χ1n) is 7.07. The lowest BCUT2D eigenvalue weighted by Gasteiger charge is -2.18. The number of ether oxygens (including phenoxy) is 1. The number of carbonyl (C=O) groups is 1. The Morgan fingerprint density at radius 3 is 2.90 bits per heavy atom. The lowest BCUT2D eigenvalue weighted by Crippen LogP contribution is -2.37. The highest BCUT2D eigenvalue weighted by Crippen LogP contribution is 2.27. The summed E-state index contributed by atoms with van der Waals surface area (Å²) in [5, 5.41) is 6.82. The summed E-state index contributed by atoms with van der Waals surface area (Å²) in [4.78, 5) is 11.9. The maximum Gasteiger partial charge on any atom is 0.260 e. The Kier molecular flexibility index (Phi) is 5.26. The van der Waals surface area contributed by atoms with Gasteiger partial charge in [-0.3, -0.25) is 4.79 Å². The fourth-order valence-corrected chi connectivity index (χ4v) is 2.09. The molecule has 1 amide bonds. The van der Waals surface area contributed by atoms with Crippen LogP contribution >= 0.6 is 11.6 Å². The van der Waals surface area contributed by atoms with Crippen molar-refractivity contribution in [1.82, 2.24) is 10.6 Å². The first-order valence-corrected chi connectivity index (χ1v) is 7.44. The Morgan fingerprint density at radius 2 is 2.25 bits per heavy atom. The van der Waals surface area contributed by atoms with E-state index in [1.165, 1.54) is 0 Å². The van der Waals surface area contributed by atoms with Gasteiger partial charge in [-0.25, -0.2) is 0 Å². The van der Waals surface area contributed by atoms with Crippen molar-refractivity contribution in [2.24, 2.45) is 0 Å². The quantitative estimate of drug-likeness (QED) is 0.813. The normalized spacial score (nSPS) is 15.8. The maximum atomic E-state index is 11.9. The lowest BCUT2D eigenvalue weighted by molar-refractivity contribution is -0.127. The minimum Gasteiger partial charge on any atom is -0.481 e. The molecule has 20 heavy (non-hydrogen) atoms. The molecule has 0 aliphatic heterocycles. The Morgan fingerprint density at radius 1 is 1.50 bits per heavy atom. The molecule has 0 spiro atoms. The van der Waals surface area contributed by atoms with Crippen molar-refractivity contribution in [3.8, 4) is 5.75 Å². The van der Waals surface area contributed by atoms with Crippen molar-refractivity contribution in [2.75, 3.05) is 6.54 Å². The Balaban J connectivity index is 2.02. The lowest BCUT2D eigenvalue weighted by atomic mass is 10.2. The molecule has 0 bridgehead atoms. The average Bonchev–Trinajstić information content (AvgIpc) is 3.22. The van der Waals surface area contributed by atoms with Crippen LogP contribution < -0.4 is 15.4 Å². The second-order valence-electron chi connectivity index (χ2n) is 5.04. The molecule has 1 aromatic rings. The van der Waals surface area contributed by atoms with Gasteiger partial charge in [0.1, 0.15) is 5.75 Å². The van der Waals surface area contributed by atoms with Crippen molar-refractivity contribution in [3.05, 3.63) is 28.8 Å². The van der Waals surface area contributed by atoms with Crippen molar-refractivity contribution in [1.29, 1.82) is 0 Å². The largest absolute Gasteiger partial charge is 0.481 e.